The fraction of sp³-hybridized carbons (Fsp3) is 0.316. The smallest absolute Gasteiger partial charge is 0.229 e. The maximum Gasteiger partial charge on any atom is 0.229 e. The number of nitrogens with one attached hydrogen (secondary N) is 3. The predicted molar refractivity (Wildman–Crippen MR) is 111 cm³/mol. The van der Waals surface area contributed by atoms with E-state index in [2.05, 4.69) is 30.9 Å². The van der Waals surface area contributed by atoms with E-state index in [1.165, 1.54) is 6.92 Å². The number of guanidine groups is 1. The van der Waals surface area contributed by atoms with E-state index in [0.717, 1.165) is 29.9 Å². The summed E-state index contributed by atoms with van der Waals surface area (Å²) in [5.74, 6) is 1.02. The number of rotatable bonds is 4. The van der Waals surface area contributed by atoms with Crippen molar-refractivity contribution in [3.63, 3.8) is 0 Å². The van der Waals surface area contributed by atoms with Crippen molar-refractivity contribution in [2.45, 2.75) is 39.7 Å². The zero-order valence-corrected chi connectivity index (χ0v) is 16.4. The molecule has 27 heavy (non-hydrogen) atoms. The van der Waals surface area contributed by atoms with Gasteiger partial charge < -0.3 is 10.6 Å². The lowest BCUT2D eigenvalue weighted by atomic mass is 10.1. The van der Waals surface area contributed by atoms with Gasteiger partial charge in [-0.1, -0.05) is 0 Å². The van der Waals surface area contributed by atoms with Gasteiger partial charge in [0.1, 0.15) is 0 Å². The van der Waals surface area contributed by atoms with Crippen LogP contribution in [-0.2, 0) is 0 Å². The average Bonchev–Trinajstić information content (AvgIpc) is 3.38. The molecular weight excluding hydrogens is 360 g/mol. The van der Waals surface area contributed by atoms with Gasteiger partial charge in [-0.15, -0.1) is 0 Å². The number of hydrogen-bond acceptors (Lipinski definition) is 5. The predicted octanol–water partition coefficient (Wildman–Crippen LogP) is 3.21. The molecule has 0 aliphatic heterocycles. The van der Waals surface area contributed by atoms with E-state index >= 15 is 0 Å². The number of anilines is 2. The SMILES string of the molecule is CC(=O)c1ccc(NC(=S)NC(=NC2CC2)Nc2nc(C)cc(C)n2)cc1. The maximum atomic E-state index is 11.4. The van der Waals surface area contributed by atoms with E-state index in [0.29, 0.717) is 28.6 Å². The fourth-order valence-corrected chi connectivity index (χ4v) is 2.64. The van der Waals surface area contributed by atoms with Gasteiger partial charge in [-0.2, -0.15) is 0 Å². The Labute approximate surface area is 163 Å². The zero-order chi connectivity index (χ0) is 19.4. The van der Waals surface area contributed by atoms with Crippen molar-refractivity contribution in [1.82, 2.24) is 15.3 Å². The third-order valence-electron chi connectivity index (χ3n) is 3.85. The van der Waals surface area contributed by atoms with Gasteiger partial charge >= 0.3 is 0 Å². The highest BCUT2D eigenvalue weighted by Gasteiger charge is 2.22. The van der Waals surface area contributed by atoms with Gasteiger partial charge in [-0.05, 0) is 76.2 Å². The first-order chi connectivity index (χ1) is 12.9. The Hall–Kier alpha value is -2.87. The highest BCUT2D eigenvalue weighted by Crippen LogP contribution is 2.23. The molecule has 1 fully saturated rings. The molecule has 1 saturated carbocycles. The number of Topliss-reactive ketones (excluding diaryl/α,β-unsaturated/α-hetero) is 1. The second-order valence-electron chi connectivity index (χ2n) is 6.52. The van der Waals surface area contributed by atoms with E-state index in [1.807, 2.05) is 32.0 Å². The molecular formula is C19H22N6OS. The number of carbonyl (C=O) groups is 1. The lowest BCUT2D eigenvalue weighted by Crippen LogP contribution is -2.39. The quantitative estimate of drug-likeness (QED) is 0.324. The van der Waals surface area contributed by atoms with Gasteiger partial charge in [0.2, 0.25) is 11.9 Å². The van der Waals surface area contributed by atoms with E-state index in [9.17, 15) is 4.79 Å². The summed E-state index contributed by atoms with van der Waals surface area (Å²) in [5.41, 5.74) is 3.19. The molecule has 0 spiro atoms. The van der Waals surface area contributed by atoms with E-state index in [1.54, 1.807) is 12.1 Å². The van der Waals surface area contributed by atoms with Crippen molar-refractivity contribution >= 4 is 40.7 Å². The Morgan fingerprint density at radius 3 is 2.30 bits per heavy atom. The second-order valence-corrected chi connectivity index (χ2v) is 6.93. The molecule has 7 nitrogen and oxygen atoms in total. The molecule has 1 heterocycles. The number of thiocarbonyl (C=S) groups is 1. The molecule has 1 aromatic heterocycles. The molecule has 0 unspecified atom stereocenters. The summed E-state index contributed by atoms with van der Waals surface area (Å²) in [6.45, 7) is 5.37. The molecule has 1 aliphatic rings. The molecule has 140 valence electrons. The van der Waals surface area contributed by atoms with Crippen LogP contribution >= 0.6 is 12.2 Å². The summed E-state index contributed by atoms with van der Waals surface area (Å²) in [4.78, 5) is 24.7. The highest BCUT2D eigenvalue weighted by molar-refractivity contribution is 7.80. The van der Waals surface area contributed by atoms with Gasteiger partial charge in [0, 0.05) is 22.6 Å². The Bertz CT molecular complexity index is 869. The van der Waals surface area contributed by atoms with E-state index < -0.39 is 0 Å². The molecule has 1 aliphatic carbocycles. The standard InChI is InChI=1S/C19H22N6OS/c1-11-10-12(2)21-17(20-11)24-18(22-15-8-9-15)25-19(27)23-16-6-4-14(5-7-16)13(3)26/h4-7,10,15H,8-9H2,1-3H3,(H3,20,21,22,23,24,25,27). The number of carbonyl (C=O) groups excluding carboxylic acids is 1. The Balaban J connectivity index is 1.67. The van der Waals surface area contributed by atoms with Gasteiger partial charge in [-0.25, -0.2) is 15.0 Å². The summed E-state index contributed by atoms with van der Waals surface area (Å²) >= 11 is 5.39. The number of benzene rings is 1. The number of aryl methyl sites for hydroxylation is 2. The molecule has 0 saturated heterocycles. The Morgan fingerprint density at radius 2 is 1.74 bits per heavy atom. The number of aromatic nitrogens is 2. The Kier molecular flexibility index (Phi) is 5.75. The largest absolute Gasteiger partial charge is 0.332 e. The molecule has 0 radical (unpaired) electrons. The molecule has 0 atom stereocenters. The van der Waals surface area contributed by atoms with Crippen LogP contribution in [0.5, 0.6) is 0 Å². The Morgan fingerprint density at radius 1 is 1.11 bits per heavy atom. The summed E-state index contributed by atoms with van der Waals surface area (Å²) in [5, 5.41) is 9.67. The van der Waals surface area contributed by atoms with Crippen LogP contribution in [0.15, 0.2) is 35.3 Å². The van der Waals surface area contributed by atoms with Crippen LogP contribution in [0.4, 0.5) is 11.6 Å². The third kappa shape index (κ3) is 5.82. The molecule has 1 aromatic carbocycles. The van der Waals surface area contributed by atoms with Crippen LogP contribution in [0.25, 0.3) is 0 Å². The minimum Gasteiger partial charge on any atom is -0.332 e. The van der Waals surface area contributed by atoms with Crippen LogP contribution in [0.3, 0.4) is 0 Å². The van der Waals surface area contributed by atoms with Gasteiger partial charge in [-0.3, -0.25) is 10.1 Å². The van der Waals surface area contributed by atoms with Crippen LogP contribution in [0.1, 0.15) is 41.5 Å². The van der Waals surface area contributed by atoms with E-state index in [-0.39, 0.29) is 5.78 Å². The van der Waals surface area contributed by atoms with Crippen molar-refractivity contribution in [2.24, 2.45) is 4.99 Å². The van der Waals surface area contributed by atoms with Crippen molar-refractivity contribution in [2.75, 3.05) is 10.6 Å². The first-order valence-electron chi connectivity index (χ1n) is 8.75. The number of aliphatic imine (C=N–C) groups is 1. The summed E-state index contributed by atoms with van der Waals surface area (Å²) in [7, 11) is 0. The molecule has 8 heteroatoms. The monoisotopic (exact) mass is 382 g/mol. The van der Waals surface area contributed by atoms with Gasteiger partial charge in [0.05, 0.1) is 6.04 Å². The first-order valence-corrected chi connectivity index (χ1v) is 9.16. The van der Waals surface area contributed by atoms with Crippen molar-refractivity contribution in [3.05, 3.63) is 47.3 Å². The van der Waals surface area contributed by atoms with Crippen LogP contribution in [0, 0.1) is 13.8 Å². The van der Waals surface area contributed by atoms with Crippen molar-refractivity contribution in [3.8, 4) is 0 Å². The summed E-state index contributed by atoms with van der Waals surface area (Å²) in [6, 6.07) is 9.34. The minimum absolute atomic E-state index is 0.0266. The summed E-state index contributed by atoms with van der Waals surface area (Å²) < 4.78 is 0. The first kappa shape index (κ1) is 18.9. The maximum absolute atomic E-state index is 11.4. The molecule has 2 aromatic rings. The van der Waals surface area contributed by atoms with Crippen LogP contribution in [0.2, 0.25) is 0 Å². The third-order valence-corrected chi connectivity index (χ3v) is 4.06. The fourth-order valence-electron chi connectivity index (χ4n) is 2.43. The molecule has 0 bridgehead atoms. The zero-order valence-electron chi connectivity index (χ0n) is 15.5. The number of hydrogen-bond donors (Lipinski definition) is 3. The minimum atomic E-state index is 0.0266. The van der Waals surface area contributed by atoms with Gasteiger partial charge in [0.25, 0.3) is 0 Å². The number of ketones is 1. The summed E-state index contributed by atoms with van der Waals surface area (Å²) in [6.07, 6.45) is 2.13. The lowest BCUT2D eigenvalue weighted by Gasteiger charge is -2.14. The number of nitrogens with zero attached hydrogens (tertiary/aromatic N) is 3. The topological polar surface area (TPSA) is 91.3 Å². The average molecular weight is 382 g/mol. The molecule has 3 N–H and O–H groups in total. The second kappa shape index (κ2) is 8.22. The normalized spacial score (nSPS) is 13.8. The van der Waals surface area contributed by atoms with Crippen molar-refractivity contribution in [1.29, 1.82) is 0 Å². The van der Waals surface area contributed by atoms with E-state index in [4.69, 9.17) is 12.2 Å². The highest BCUT2D eigenvalue weighted by atomic mass is 32.1. The van der Waals surface area contributed by atoms with Crippen molar-refractivity contribution < 1.29 is 4.79 Å². The lowest BCUT2D eigenvalue weighted by molar-refractivity contribution is 0.101. The molecule has 0 amide bonds. The molecule has 3 rings (SSSR count). The van der Waals surface area contributed by atoms with Gasteiger partial charge in [0.15, 0.2) is 10.9 Å². The van der Waals surface area contributed by atoms with Crippen LogP contribution < -0.4 is 16.0 Å². The van der Waals surface area contributed by atoms with Crippen LogP contribution in [-0.4, -0.2) is 32.9 Å².